The molecule has 3 atom stereocenters. The van der Waals surface area contributed by atoms with Gasteiger partial charge in [0, 0.05) is 26.4 Å². The van der Waals surface area contributed by atoms with Gasteiger partial charge in [-0.25, -0.2) is 0 Å². The van der Waals surface area contributed by atoms with Crippen LogP contribution in [0.4, 0.5) is 0 Å². The van der Waals surface area contributed by atoms with Crippen LogP contribution in [-0.4, -0.2) is 42.9 Å². The minimum Gasteiger partial charge on any atom is -0.383 e. The van der Waals surface area contributed by atoms with Gasteiger partial charge in [0.2, 0.25) is 11.8 Å². The molecule has 2 amide bonds. The number of likely N-dealkylation sites (N-methyl/N-ethyl adjacent to an activating group) is 1. The summed E-state index contributed by atoms with van der Waals surface area (Å²) in [6.45, 7) is 9.54. The Hall–Kier alpha value is -1.43. The van der Waals surface area contributed by atoms with Crippen LogP contribution in [0.3, 0.4) is 0 Å². The quantitative estimate of drug-likeness (QED) is 0.622. The van der Waals surface area contributed by atoms with Gasteiger partial charge in [-0.2, -0.15) is 0 Å². The van der Waals surface area contributed by atoms with Gasteiger partial charge in [0.25, 0.3) is 0 Å². The minimum absolute atomic E-state index is 0.00855. The maximum atomic E-state index is 12.7. The van der Waals surface area contributed by atoms with E-state index in [1.165, 1.54) is 14.1 Å². The number of hydrogen-bond donors (Lipinski definition) is 3. The van der Waals surface area contributed by atoms with Crippen molar-refractivity contribution in [2.24, 2.45) is 23.2 Å². The number of carbonyl (C=O) groups excluding carboxylic acids is 3. The molecule has 0 aromatic heterocycles. The van der Waals surface area contributed by atoms with E-state index in [0.29, 0.717) is 6.42 Å². The van der Waals surface area contributed by atoms with Crippen molar-refractivity contribution in [2.45, 2.75) is 53.6 Å². The van der Waals surface area contributed by atoms with Crippen LogP contribution >= 0.6 is 0 Å². The predicted molar refractivity (Wildman–Crippen MR) is 89.7 cm³/mol. The van der Waals surface area contributed by atoms with Gasteiger partial charge in [0.05, 0.1) is 5.92 Å². The van der Waals surface area contributed by atoms with Crippen molar-refractivity contribution in [1.29, 1.82) is 0 Å². The number of ketones is 1. The third-order valence-electron chi connectivity index (χ3n) is 4.05. The molecular weight excluding hydrogens is 296 g/mol. The van der Waals surface area contributed by atoms with Crippen molar-refractivity contribution in [2.75, 3.05) is 14.1 Å². The zero-order chi connectivity index (χ0) is 18.4. The Labute approximate surface area is 139 Å². The molecule has 0 spiro atoms. The van der Waals surface area contributed by atoms with Crippen molar-refractivity contribution in [3.63, 3.8) is 0 Å². The van der Waals surface area contributed by atoms with Gasteiger partial charge in [0.1, 0.15) is 11.9 Å². The Morgan fingerprint density at radius 2 is 1.48 bits per heavy atom. The molecule has 23 heavy (non-hydrogen) atoms. The van der Waals surface area contributed by atoms with Crippen LogP contribution in [0, 0.1) is 23.2 Å². The maximum Gasteiger partial charge on any atom is 0.249 e. The topological polar surface area (TPSA) is 95.5 Å². The lowest BCUT2D eigenvalue weighted by Gasteiger charge is -2.31. The largest absolute Gasteiger partial charge is 0.383 e. The van der Waals surface area contributed by atoms with Crippen LogP contribution in [0.25, 0.3) is 0 Å². The summed E-state index contributed by atoms with van der Waals surface area (Å²) in [5.74, 6) is -2.19. The molecule has 134 valence electrons. The highest BCUT2D eigenvalue weighted by Gasteiger charge is 2.38. The molecule has 0 saturated carbocycles. The van der Waals surface area contributed by atoms with Crippen LogP contribution < -0.4 is 10.6 Å². The molecule has 0 aromatic carbocycles. The van der Waals surface area contributed by atoms with Gasteiger partial charge in [-0.15, -0.1) is 0 Å². The summed E-state index contributed by atoms with van der Waals surface area (Å²) in [5.41, 5.74) is -0.393. The first kappa shape index (κ1) is 21.6. The van der Waals surface area contributed by atoms with Gasteiger partial charge in [-0.3, -0.25) is 14.4 Å². The monoisotopic (exact) mass is 328 g/mol. The Balaban J connectivity index is 5.35. The third kappa shape index (κ3) is 6.69. The Morgan fingerprint density at radius 3 is 1.83 bits per heavy atom. The molecule has 0 unspecified atom stereocenters. The van der Waals surface area contributed by atoms with Gasteiger partial charge in [0.15, 0.2) is 0 Å². The van der Waals surface area contributed by atoms with Crippen molar-refractivity contribution in [1.82, 2.24) is 10.6 Å². The second kappa shape index (κ2) is 9.01. The van der Waals surface area contributed by atoms with Gasteiger partial charge in [-0.05, 0) is 17.8 Å². The Kier molecular flexibility index (Phi) is 8.45. The fourth-order valence-corrected chi connectivity index (χ4v) is 2.59. The van der Waals surface area contributed by atoms with Crippen LogP contribution in [0.2, 0.25) is 0 Å². The highest BCUT2D eigenvalue weighted by atomic mass is 16.3. The van der Waals surface area contributed by atoms with E-state index in [9.17, 15) is 19.5 Å². The SMILES string of the molecule is CNC(=O)[C@@H](O)[C@@H](CC(C)C)C(=O)C[C@H](C(=O)NC)C(C)(C)C. The molecule has 0 saturated heterocycles. The molecule has 0 aromatic rings. The van der Waals surface area contributed by atoms with Gasteiger partial charge < -0.3 is 15.7 Å². The molecule has 0 aliphatic rings. The van der Waals surface area contributed by atoms with E-state index in [-0.39, 0.29) is 24.0 Å². The molecule has 0 aliphatic heterocycles. The van der Waals surface area contributed by atoms with Crippen LogP contribution in [0.15, 0.2) is 0 Å². The predicted octanol–water partition coefficient (Wildman–Crippen LogP) is 1.12. The number of carbonyl (C=O) groups is 3. The molecule has 0 heterocycles. The average molecular weight is 328 g/mol. The maximum absolute atomic E-state index is 12.7. The van der Waals surface area contributed by atoms with E-state index in [4.69, 9.17) is 0 Å². The van der Waals surface area contributed by atoms with Gasteiger partial charge >= 0.3 is 0 Å². The third-order valence-corrected chi connectivity index (χ3v) is 4.05. The van der Waals surface area contributed by atoms with Gasteiger partial charge in [-0.1, -0.05) is 34.6 Å². The van der Waals surface area contributed by atoms with Crippen LogP contribution in [-0.2, 0) is 14.4 Å². The number of rotatable bonds is 8. The summed E-state index contributed by atoms with van der Waals surface area (Å²) in [7, 11) is 2.96. The summed E-state index contributed by atoms with van der Waals surface area (Å²) < 4.78 is 0. The van der Waals surface area contributed by atoms with E-state index in [2.05, 4.69) is 10.6 Å². The Bertz CT molecular complexity index is 427. The number of nitrogens with one attached hydrogen (secondary N) is 2. The van der Waals surface area contributed by atoms with Crippen molar-refractivity contribution in [3.8, 4) is 0 Å². The second-order valence-corrected chi connectivity index (χ2v) is 7.50. The second-order valence-electron chi connectivity index (χ2n) is 7.50. The number of hydrogen-bond acceptors (Lipinski definition) is 4. The lowest BCUT2D eigenvalue weighted by atomic mass is 9.74. The number of amides is 2. The summed E-state index contributed by atoms with van der Waals surface area (Å²) in [4.78, 5) is 36.5. The lowest BCUT2D eigenvalue weighted by molar-refractivity contribution is -0.141. The first-order valence-corrected chi connectivity index (χ1v) is 8.09. The molecule has 6 heteroatoms. The van der Waals surface area contributed by atoms with Crippen LogP contribution in [0.1, 0.15) is 47.5 Å². The standard InChI is InChI=1S/C17H32N2O4/c1-10(2)8-11(14(21)16(23)19-7)13(20)9-12(15(22)18-6)17(3,4)5/h10-12,14,21H,8-9H2,1-7H3,(H,18,22)(H,19,23)/t11-,12+,14-/m0/s1. The number of aliphatic hydroxyl groups excluding tert-OH is 1. The van der Waals surface area contributed by atoms with E-state index >= 15 is 0 Å². The molecule has 0 rings (SSSR count). The molecule has 0 bridgehead atoms. The zero-order valence-corrected chi connectivity index (χ0v) is 15.4. The number of Topliss-reactive ketones (excluding diaryl/α,β-unsaturated/α-hetero) is 1. The normalized spacial score (nSPS) is 15.7. The summed E-state index contributed by atoms with van der Waals surface area (Å²) in [5, 5.41) is 15.1. The molecule has 0 fully saturated rings. The summed E-state index contributed by atoms with van der Waals surface area (Å²) >= 11 is 0. The average Bonchev–Trinajstić information content (AvgIpc) is 2.46. The van der Waals surface area contributed by atoms with Crippen LogP contribution in [0.5, 0.6) is 0 Å². The smallest absolute Gasteiger partial charge is 0.249 e. The zero-order valence-electron chi connectivity index (χ0n) is 15.4. The van der Waals surface area contributed by atoms with E-state index < -0.39 is 29.3 Å². The van der Waals surface area contributed by atoms with E-state index in [0.717, 1.165) is 0 Å². The van der Waals surface area contributed by atoms with E-state index in [1.807, 2.05) is 34.6 Å². The fraction of sp³-hybridized carbons (Fsp3) is 0.824. The lowest BCUT2D eigenvalue weighted by Crippen LogP contribution is -2.44. The fourth-order valence-electron chi connectivity index (χ4n) is 2.59. The summed E-state index contributed by atoms with van der Waals surface area (Å²) in [6.07, 6.45) is -0.979. The molecule has 6 nitrogen and oxygen atoms in total. The Morgan fingerprint density at radius 1 is 1.00 bits per heavy atom. The van der Waals surface area contributed by atoms with Crippen molar-refractivity contribution < 1.29 is 19.5 Å². The number of aliphatic hydroxyl groups is 1. The van der Waals surface area contributed by atoms with Crippen molar-refractivity contribution >= 4 is 17.6 Å². The molecule has 3 N–H and O–H groups in total. The van der Waals surface area contributed by atoms with E-state index in [1.54, 1.807) is 0 Å². The first-order valence-electron chi connectivity index (χ1n) is 8.09. The highest BCUT2D eigenvalue weighted by molar-refractivity contribution is 5.92. The first-order chi connectivity index (χ1) is 10.4. The summed E-state index contributed by atoms with van der Waals surface area (Å²) in [6, 6.07) is 0. The molecule has 0 radical (unpaired) electrons. The minimum atomic E-state index is -1.39. The molecular formula is C17H32N2O4. The highest BCUT2D eigenvalue weighted by Crippen LogP contribution is 2.31. The van der Waals surface area contributed by atoms with Crippen molar-refractivity contribution in [3.05, 3.63) is 0 Å². The molecule has 0 aliphatic carbocycles.